The molecular formula is C37H39ClN4Ru-. The van der Waals surface area contributed by atoms with Crippen LogP contribution in [0.2, 0.25) is 0 Å². The number of hydrogen-bond donors (Lipinski definition) is 0. The van der Waals surface area contributed by atoms with E-state index in [2.05, 4.69) is 114 Å². The van der Waals surface area contributed by atoms with Gasteiger partial charge in [-0.25, -0.2) is 0 Å². The van der Waals surface area contributed by atoms with Gasteiger partial charge in [0.15, 0.2) is 0 Å². The summed E-state index contributed by atoms with van der Waals surface area (Å²) < 4.78 is 2.06. The second-order valence-electron chi connectivity index (χ2n) is 10.6. The third kappa shape index (κ3) is 9.16. The summed E-state index contributed by atoms with van der Waals surface area (Å²) in [5.74, 6) is 0. The van der Waals surface area contributed by atoms with E-state index in [0.29, 0.717) is 0 Å². The maximum absolute atomic E-state index is 5.57. The molecule has 1 aliphatic heterocycles. The van der Waals surface area contributed by atoms with E-state index in [1.165, 1.54) is 50.3 Å². The molecule has 0 atom stereocenters. The maximum atomic E-state index is 5.57. The Morgan fingerprint density at radius 3 is 1.74 bits per heavy atom. The zero-order valence-corrected chi connectivity index (χ0v) is 28.0. The molecule has 1 saturated heterocycles. The smallest absolute Gasteiger partial charge is 0.0267 e. The van der Waals surface area contributed by atoms with Gasteiger partial charge in [-0.1, -0.05) is 41.5 Å². The maximum Gasteiger partial charge on any atom is 0.0267 e. The first-order valence-corrected chi connectivity index (χ1v) is 17.6. The normalized spacial score (nSPS) is 12.6. The molecule has 5 aromatic rings. The first-order chi connectivity index (χ1) is 20.9. The fraction of sp³-hybridized carbons (Fsp3) is 0.189. The van der Waals surface area contributed by atoms with Crippen molar-refractivity contribution in [2.24, 2.45) is 0 Å². The molecule has 1 aliphatic rings. The average Bonchev–Trinajstić information content (AvgIpc) is 3.48. The average molecular weight is 676 g/mol. The van der Waals surface area contributed by atoms with Crippen LogP contribution in [0.15, 0.2) is 110 Å². The van der Waals surface area contributed by atoms with Gasteiger partial charge in [-0.2, -0.15) is 6.67 Å². The van der Waals surface area contributed by atoms with Crippen LogP contribution in [0.4, 0.5) is 11.4 Å². The van der Waals surface area contributed by atoms with Gasteiger partial charge in [-0.05, 0) is 81.6 Å². The largest absolute Gasteiger partial charge is 0.265 e. The van der Waals surface area contributed by atoms with Gasteiger partial charge in [0.2, 0.25) is 0 Å². The molecule has 0 amide bonds. The van der Waals surface area contributed by atoms with Crippen LogP contribution >= 0.6 is 9.69 Å². The molecule has 223 valence electrons. The van der Waals surface area contributed by atoms with Crippen LogP contribution in [-0.2, 0) is 15.7 Å². The fourth-order valence-corrected chi connectivity index (χ4v) is 6.48. The molecule has 0 bridgehead atoms. The summed E-state index contributed by atoms with van der Waals surface area (Å²) in [4.78, 5) is 13.2. The van der Waals surface area contributed by atoms with Gasteiger partial charge in [-0.3, -0.25) is 9.97 Å². The number of hydrogen-bond acceptors (Lipinski definition) is 4. The topological polar surface area (TPSA) is 32.3 Å². The minimum Gasteiger partial charge on any atom is -0.265 e. The Kier molecular flexibility index (Phi) is 12.2. The van der Waals surface area contributed by atoms with Gasteiger partial charge in [0, 0.05) is 48.6 Å². The summed E-state index contributed by atoms with van der Waals surface area (Å²) >= 11 is -0.0765. The zero-order valence-electron chi connectivity index (χ0n) is 25.5. The van der Waals surface area contributed by atoms with Crippen LogP contribution in [0.3, 0.4) is 0 Å². The van der Waals surface area contributed by atoms with Crippen molar-refractivity contribution in [1.29, 1.82) is 0 Å². The molecule has 3 aromatic carbocycles. The molecule has 6 heteroatoms. The molecule has 43 heavy (non-hydrogen) atoms. The number of halogens is 1. The van der Waals surface area contributed by atoms with Gasteiger partial charge < -0.3 is 9.80 Å². The Hall–Kier alpha value is -3.66. The second kappa shape index (κ2) is 16.3. The Morgan fingerprint density at radius 2 is 1.21 bits per heavy atom. The van der Waals surface area contributed by atoms with Crippen LogP contribution in [-0.4, -0.2) is 27.7 Å². The number of pyridine rings is 2. The Bertz CT molecular complexity index is 1560. The fourth-order valence-electron chi connectivity index (χ4n) is 5.40. The van der Waals surface area contributed by atoms with Crippen molar-refractivity contribution in [3.63, 3.8) is 0 Å². The van der Waals surface area contributed by atoms with Crippen molar-refractivity contribution in [2.45, 2.75) is 34.6 Å². The summed E-state index contributed by atoms with van der Waals surface area (Å²) in [7, 11) is 5.57. The van der Waals surface area contributed by atoms with Crippen LogP contribution in [0.1, 0.15) is 33.4 Å². The van der Waals surface area contributed by atoms with Crippen molar-refractivity contribution < 1.29 is 15.7 Å². The summed E-state index contributed by atoms with van der Waals surface area (Å²) in [6.45, 7) is 15.2. The summed E-state index contributed by atoms with van der Waals surface area (Å²) in [6.07, 6.45) is 5.37. The van der Waals surface area contributed by atoms with Crippen LogP contribution in [0.25, 0.3) is 11.3 Å². The molecule has 0 N–H and O–H groups in total. The first kappa shape index (κ1) is 32.3. The quantitative estimate of drug-likeness (QED) is 0.141. The predicted molar refractivity (Wildman–Crippen MR) is 180 cm³/mol. The standard InChI is InChI=1S/C25H28N3.C7H6.C5H5N.ClH.Ru/c1-17-12-19(3)24(20(4)13-17)27-10-11-28(16-27)25-21(5)14-18(2)15-22(25)23-8-6-7-9-26-23;1-7-5-3-2-4-6-7;1-2-4-6-5-3-1;;/h6-9,12-16H,10-11H2,1-5H3;1-6H;1-5H;1H;/q-1;;;;+1/p-1. The number of anilines is 2. The number of nitrogens with zero attached hydrogens (tertiary/aromatic N) is 4. The van der Waals surface area contributed by atoms with E-state index in [4.69, 9.17) is 9.69 Å². The molecule has 0 unspecified atom stereocenters. The van der Waals surface area contributed by atoms with Gasteiger partial charge in [0.25, 0.3) is 0 Å². The number of aryl methyl sites for hydroxylation is 5. The third-order valence-electron chi connectivity index (χ3n) is 6.98. The molecule has 4 nitrogen and oxygen atoms in total. The minimum absolute atomic E-state index is 0.0765. The number of benzene rings is 3. The summed E-state index contributed by atoms with van der Waals surface area (Å²) in [5, 5.41) is 0. The minimum atomic E-state index is -0.0765. The van der Waals surface area contributed by atoms with Gasteiger partial charge in [0.1, 0.15) is 0 Å². The third-order valence-corrected chi connectivity index (χ3v) is 8.20. The molecule has 0 aliphatic carbocycles. The Balaban J connectivity index is 0.000000229. The molecule has 0 spiro atoms. The number of rotatable bonds is 4. The van der Waals surface area contributed by atoms with E-state index in [0.717, 1.165) is 18.8 Å². The van der Waals surface area contributed by atoms with E-state index >= 15 is 0 Å². The van der Waals surface area contributed by atoms with E-state index < -0.39 is 0 Å². The summed E-state index contributed by atoms with van der Waals surface area (Å²) in [5.41, 5.74) is 12.6. The molecule has 0 radical (unpaired) electrons. The molecule has 2 aromatic heterocycles. The SMILES string of the molecule is Cc1cc(C)c(N2[CH-]N(c3c(C)cc(C)cc3-c3ccccn3)CC2)c(C)c1.[Cl][Ru]=[CH]c1ccccc1.c1ccncc1. The number of aromatic nitrogens is 2. The zero-order chi connectivity index (χ0) is 30.6. The van der Waals surface area contributed by atoms with E-state index in [1.807, 2.05) is 48.7 Å². The monoisotopic (exact) mass is 676 g/mol. The van der Waals surface area contributed by atoms with E-state index in [-0.39, 0.29) is 15.7 Å². The van der Waals surface area contributed by atoms with Crippen molar-refractivity contribution in [1.82, 2.24) is 9.97 Å². The van der Waals surface area contributed by atoms with Crippen molar-refractivity contribution in [3.05, 3.63) is 150 Å². The van der Waals surface area contributed by atoms with Gasteiger partial charge in [-0.15, -0.1) is 0 Å². The van der Waals surface area contributed by atoms with Crippen molar-refractivity contribution in [3.8, 4) is 11.3 Å². The van der Waals surface area contributed by atoms with Gasteiger partial charge in [0.05, 0.1) is 5.69 Å². The molecule has 6 rings (SSSR count). The summed E-state index contributed by atoms with van der Waals surface area (Å²) in [6, 6.07) is 31.0. The van der Waals surface area contributed by atoms with E-state index in [9.17, 15) is 0 Å². The second-order valence-corrected chi connectivity index (χ2v) is 12.4. The molecule has 0 saturated carbocycles. The van der Waals surface area contributed by atoms with Crippen LogP contribution in [0.5, 0.6) is 0 Å². The Morgan fingerprint density at radius 1 is 0.674 bits per heavy atom. The molecule has 1 fully saturated rings. The van der Waals surface area contributed by atoms with E-state index in [1.54, 1.807) is 12.4 Å². The molecular weight excluding hydrogens is 637 g/mol. The molecule has 3 heterocycles. The Labute approximate surface area is 268 Å². The van der Waals surface area contributed by atoms with Crippen molar-refractivity contribution >= 4 is 25.7 Å². The van der Waals surface area contributed by atoms with Crippen LogP contribution in [0, 0.1) is 41.3 Å². The van der Waals surface area contributed by atoms with Crippen molar-refractivity contribution in [2.75, 3.05) is 22.9 Å². The first-order valence-electron chi connectivity index (χ1n) is 14.3. The van der Waals surface area contributed by atoms with Crippen LogP contribution < -0.4 is 9.80 Å². The van der Waals surface area contributed by atoms with Gasteiger partial charge >= 0.3 is 65.9 Å². The predicted octanol–water partition coefficient (Wildman–Crippen LogP) is 8.89.